The molecule has 3 N–H and O–H groups in total. The molecular formula is C36H25F6N5O5. The molecule has 1 atom stereocenters. The first kappa shape index (κ1) is 35.5. The molecule has 6 aromatic rings. The summed E-state index contributed by atoms with van der Waals surface area (Å²) in [6, 6.07) is 17.5. The van der Waals surface area contributed by atoms with E-state index in [2.05, 4.69) is 25.3 Å². The number of alkyl halides is 3. The lowest BCUT2D eigenvalue weighted by molar-refractivity contribution is -0.200. The zero-order chi connectivity index (χ0) is 37.3. The predicted molar refractivity (Wildman–Crippen MR) is 179 cm³/mol. The molecule has 4 aromatic carbocycles. The van der Waals surface area contributed by atoms with Crippen LogP contribution in [0.15, 0.2) is 89.7 Å². The first-order valence-electron chi connectivity index (χ1n) is 15.4. The van der Waals surface area contributed by atoms with Crippen molar-refractivity contribution in [1.82, 2.24) is 14.5 Å². The molecule has 266 valence electrons. The van der Waals surface area contributed by atoms with E-state index < -0.39 is 72.0 Å². The Labute approximate surface area is 289 Å². The van der Waals surface area contributed by atoms with Gasteiger partial charge in [0.2, 0.25) is 5.95 Å². The predicted octanol–water partition coefficient (Wildman–Crippen LogP) is 6.46. The maximum absolute atomic E-state index is 15.1. The maximum Gasteiger partial charge on any atom is 0.490 e. The number of aryl methyl sites for hydroxylation is 1. The Balaban J connectivity index is 1.49. The molecule has 0 saturated heterocycles. The summed E-state index contributed by atoms with van der Waals surface area (Å²) in [7, 11) is 0. The Morgan fingerprint density at radius 3 is 2.27 bits per heavy atom. The van der Waals surface area contributed by atoms with E-state index in [1.807, 2.05) is 0 Å². The summed E-state index contributed by atoms with van der Waals surface area (Å²) >= 11 is 0. The summed E-state index contributed by atoms with van der Waals surface area (Å²) in [6.45, 7) is -0.202. The fraction of sp³-hybridized carbons (Fsp3) is 0.139. The molecule has 0 bridgehead atoms. The van der Waals surface area contributed by atoms with Gasteiger partial charge in [0.25, 0.3) is 11.5 Å². The number of hydrogen-bond acceptors (Lipinski definition) is 8. The Kier molecular flexibility index (Phi) is 9.67. The quantitative estimate of drug-likeness (QED) is 0.115. The van der Waals surface area contributed by atoms with Gasteiger partial charge >= 0.3 is 12.1 Å². The van der Waals surface area contributed by atoms with Crippen molar-refractivity contribution in [3.05, 3.63) is 124 Å². The number of fused-ring (bicyclic) bond motifs is 2. The summed E-state index contributed by atoms with van der Waals surface area (Å²) < 4.78 is 87.9. The third kappa shape index (κ3) is 7.00. The standard InChI is InChI=1S/C36H25F6N5O5/c1-18-9-10-19(43-33(50)23-11-13-26(37)22-6-3-2-5-21(22)23)15-25(18)30-24-12-14-29(49)47(31-27(38)7-4-8-28(31)39)32(24)46-35(45-30)44-20(16-48)17-52-34(51)36(40,41)42/h2-15,20,48H,16-17H2,1H3,(H,43,50)(H,44,45,46). The molecule has 0 aliphatic carbocycles. The fourth-order valence-corrected chi connectivity index (χ4v) is 5.50. The lowest BCUT2D eigenvalue weighted by Crippen LogP contribution is -2.35. The highest BCUT2D eigenvalue weighted by atomic mass is 19.4. The molecular weight excluding hydrogens is 696 g/mol. The number of halogens is 6. The largest absolute Gasteiger partial charge is 0.490 e. The molecule has 6 rings (SSSR count). The highest BCUT2D eigenvalue weighted by molar-refractivity contribution is 6.13. The molecule has 0 aliphatic rings. The fourth-order valence-electron chi connectivity index (χ4n) is 5.50. The van der Waals surface area contributed by atoms with Crippen molar-refractivity contribution < 1.29 is 45.8 Å². The molecule has 0 aliphatic heterocycles. The van der Waals surface area contributed by atoms with Crippen molar-refractivity contribution in [2.24, 2.45) is 0 Å². The second-order valence-corrected chi connectivity index (χ2v) is 11.5. The van der Waals surface area contributed by atoms with Crippen LogP contribution in [0.3, 0.4) is 0 Å². The van der Waals surface area contributed by atoms with Gasteiger partial charge in [0.1, 0.15) is 29.7 Å². The van der Waals surface area contributed by atoms with Gasteiger partial charge in [0.15, 0.2) is 5.65 Å². The SMILES string of the molecule is Cc1ccc(NC(=O)c2ccc(F)c3ccccc23)cc1-c1nc(NC(CO)COC(=O)C(F)(F)F)nc2c1ccc(=O)n2-c1c(F)cccc1F. The van der Waals surface area contributed by atoms with E-state index in [1.54, 1.807) is 37.3 Å². The number of amides is 1. The van der Waals surface area contributed by atoms with Crippen molar-refractivity contribution in [3.63, 3.8) is 0 Å². The maximum atomic E-state index is 15.1. The van der Waals surface area contributed by atoms with Gasteiger partial charge in [-0.1, -0.05) is 36.4 Å². The van der Waals surface area contributed by atoms with E-state index in [-0.39, 0.29) is 33.4 Å². The van der Waals surface area contributed by atoms with Crippen LogP contribution in [0, 0.1) is 24.4 Å². The van der Waals surface area contributed by atoms with Crippen LogP contribution in [0.25, 0.3) is 38.8 Å². The Morgan fingerprint density at radius 2 is 1.58 bits per heavy atom. The highest BCUT2D eigenvalue weighted by Gasteiger charge is 2.41. The van der Waals surface area contributed by atoms with Crippen molar-refractivity contribution in [1.29, 1.82) is 0 Å². The van der Waals surface area contributed by atoms with Crippen LogP contribution >= 0.6 is 0 Å². The van der Waals surface area contributed by atoms with E-state index in [0.717, 1.165) is 24.3 Å². The van der Waals surface area contributed by atoms with Crippen molar-refractivity contribution in [2.45, 2.75) is 19.1 Å². The molecule has 1 amide bonds. The number of nitrogens with one attached hydrogen (secondary N) is 2. The molecule has 0 spiro atoms. The zero-order valence-corrected chi connectivity index (χ0v) is 26.8. The smallest absolute Gasteiger partial charge is 0.457 e. The molecule has 0 fully saturated rings. The Morgan fingerprint density at radius 1 is 0.865 bits per heavy atom. The van der Waals surface area contributed by atoms with Crippen LogP contribution in [0.2, 0.25) is 0 Å². The number of aliphatic hydroxyl groups is 1. The molecule has 2 heterocycles. The number of ether oxygens (including phenoxy) is 1. The topological polar surface area (TPSA) is 135 Å². The molecule has 10 nitrogen and oxygen atoms in total. The first-order chi connectivity index (χ1) is 24.8. The summed E-state index contributed by atoms with van der Waals surface area (Å²) in [6.07, 6.45) is -5.31. The van der Waals surface area contributed by atoms with Gasteiger partial charge in [-0.2, -0.15) is 18.2 Å². The second-order valence-electron chi connectivity index (χ2n) is 11.5. The van der Waals surface area contributed by atoms with Crippen molar-refractivity contribution >= 4 is 45.3 Å². The van der Waals surface area contributed by atoms with Crippen LogP contribution in [-0.4, -0.2) is 56.9 Å². The first-order valence-corrected chi connectivity index (χ1v) is 15.4. The Bertz CT molecular complexity index is 2410. The zero-order valence-electron chi connectivity index (χ0n) is 26.8. The van der Waals surface area contributed by atoms with Gasteiger partial charge in [-0.3, -0.25) is 14.2 Å². The summed E-state index contributed by atoms with van der Waals surface area (Å²) in [5, 5.41) is 15.9. The van der Waals surface area contributed by atoms with Gasteiger partial charge in [-0.05, 0) is 60.3 Å². The normalized spacial score (nSPS) is 12.2. The van der Waals surface area contributed by atoms with Crippen molar-refractivity contribution in [2.75, 3.05) is 23.8 Å². The average Bonchev–Trinajstić information content (AvgIpc) is 3.11. The number of aliphatic hydroxyl groups excluding tert-OH is 1. The second kappa shape index (κ2) is 14.1. The van der Waals surface area contributed by atoms with Gasteiger partial charge in [-0.15, -0.1) is 0 Å². The lowest BCUT2D eigenvalue weighted by Gasteiger charge is -2.20. The number of rotatable bonds is 9. The van der Waals surface area contributed by atoms with Gasteiger partial charge in [-0.25, -0.2) is 22.9 Å². The molecule has 0 radical (unpaired) electrons. The number of aromatic nitrogens is 3. The molecule has 0 saturated carbocycles. The number of benzene rings is 4. The lowest BCUT2D eigenvalue weighted by atomic mass is 10.0. The van der Waals surface area contributed by atoms with E-state index in [4.69, 9.17) is 0 Å². The van der Waals surface area contributed by atoms with E-state index in [9.17, 15) is 37.1 Å². The number of para-hydroxylation sites is 1. The third-order valence-corrected chi connectivity index (χ3v) is 7.98. The van der Waals surface area contributed by atoms with Gasteiger partial charge in [0.05, 0.1) is 18.3 Å². The number of nitrogens with zero attached hydrogens (tertiary/aromatic N) is 3. The monoisotopic (exact) mass is 721 g/mol. The van der Waals surface area contributed by atoms with Crippen molar-refractivity contribution in [3.8, 4) is 16.9 Å². The average molecular weight is 722 g/mol. The number of pyridine rings is 1. The van der Waals surface area contributed by atoms with E-state index in [0.29, 0.717) is 21.1 Å². The van der Waals surface area contributed by atoms with Crippen LogP contribution in [0.5, 0.6) is 0 Å². The third-order valence-electron chi connectivity index (χ3n) is 7.98. The Hall–Kier alpha value is -6.29. The summed E-state index contributed by atoms with van der Waals surface area (Å²) in [5.74, 6) is -6.28. The molecule has 2 aromatic heterocycles. The van der Waals surface area contributed by atoms with Crippen LogP contribution in [0.1, 0.15) is 15.9 Å². The number of carbonyl (C=O) groups is 2. The highest BCUT2D eigenvalue weighted by Crippen LogP contribution is 2.33. The summed E-state index contributed by atoms with van der Waals surface area (Å²) in [5.41, 5.74) is -0.743. The van der Waals surface area contributed by atoms with E-state index >= 15 is 8.78 Å². The number of esters is 1. The number of anilines is 2. The minimum Gasteiger partial charge on any atom is -0.457 e. The minimum atomic E-state index is -5.31. The number of hydrogen-bond donors (Lipinski definition) is 3. The van der Waals surface area contributed by atoms with Crippen LogP contribution in [-0.2, 0) is 9.53 Å². The van der Waals surface area contributed by atoms with E-state index in [1.165, 1.54) is 30.3 Å². The van der Waals surface area contributed by atoms with Gasteiger partial charge < -0.3 is 20.5 Å². The molecule has 1 unspecified atom stereocenters. The number of carbonyl (C=O) groups excluding carboxylic acids is 2. The minimum absolute atomic E-state index is 0.0304. The van der Waals surface area contributed by atoms with Gasteiger partial charge in [0, 0.05) is 33.7 Å². The molecule has 52 heavy (non-hydrogen) atoms. The van der Waals surface area contributed by atoms with Crippen LogP contribution < -0.4 is 16.2 Å². The van der Waals surface area contributed by atoms with Crippen LogP contribution in [0.4, 0.5) is 38.0 Å². The molecule has 16 heteroatoms. The summed E-state index contributed by atoms with van der Waals surface area (Å²) in [4.78, 5) is 46.7.